The highest BCUT2D eigenvalue weighted by Gasteiger charge is 2.40. The van der Waals surface area contributed by atoms with Gasteiger partial charge in [-0.1, -0.05) is 13.8 Å². The van der Waals surface area contributed by atoms with Crippen molar-refractivity contribution in [3.8, 4) is 0 Å². The molecule has 3 rings (SSSR count). The molecule has 0 aromatic carbocycles. The van der Waals surface area contributed by atoms with Gasteiger partial charge in [0.2, 0.25) is 0 Å². The molecule has 2 heterocycles. The molecule has 3 nitrogen and oxygen atoms in total. The Kier molecular flexibility index (Phi) is 3.92. The van der Waals surface area contributed by atoms with E-state index in [-0.39, 0.29) is 5.54 Å². The van der Waals surface area contributed by atoms with Crippen LogP contribution in [0.4, 0.5) is 0 Å². The van der Waals surface area contributed by atoms with E-state index in [1.807, 2.05) is 11.3 Å². The van der Waals surface area contributed by atoms with E-state index in [1.54, 1.807) is 0 Å². The molecule has 2 aliphatic rings. The number of nitrogens with one attached hydrogen (secondary N) is 1. The van der Waals surface area contributed by atoms with Gasteiger partial charge in [-0.25, -0.2) is 4.98 Å². The molecule has 0 amide bonds. The highest BCUT2D eigenvalue weighted by Crippen LogP contribution is 2.38. The average Bonchev–Trinajstić information content (AvgIpc) is 3.11. The number of ether oxygens (including phenoxy) is 1. The van der Waals surface area contributed by atoms with Crippen LogP contribution in [0.1, 0.15) is 62.6 Å². The smallest absolute Gasteiger partial charge is 0.113 e. The molecule has 19 heavy (non-hydrogen) atoms. The Morgan fingerprint density at radius 2 is 2.21 bits per heavy atom. The van der Waals surface area contributed by atoms with Gasteiger partial charge in [-0.3, -0.25) is 0 Å². The lowest BCUT2D eigenvalue weighted by Crippen LogP contribution is -2.44. The van der Waals surface area contributed by atoms with Gasteiger partial charge in [0.05, 0.1) is 11.2 Å². The summed E-state index contributed by atoms with van der Waals surface area (Å²) in [7, 11) is 0. The zero-order chi connectivity index (χ0) is 13.3. The predicted octanol–water partition coefficient (Wildman–Crippen LogP) is 3.41. The molecule has 1 N–H and O–H groups in total. The standard InChI is InChI=1S/C15H24N2OS/c1-11(2)13-10-19-14(16-13)15(17-12-4-5-12)6-3-8-18-9-7-15/h10-12,17H,3-9H2,1-2H3. The van der Waals surface area contributed by atoms with Crippen molar-refractivity contribution in [1.82, 2.24) is 10.3 Å². The van der Waals surface area contributed by atoms with Crippen LogP contribution in [0.2, 0.25) is 0 Å². The van der Waals surface area contributed by atoms with Crippen LogP contribution in [0.3, 0.4) is 0 Å². The Morgan fingerprint density at radius 1 is 1.37 bits per heavy atom. The maximum Gasteiger partial charge on any atom is 0.113 e. The van der Waals surface area contributed by atoms with Crippen molar-refractivity contribution >= 4 is 11.3 Å². The van der Waals surface area contributed by atoms with Crippen LogP contribution < -0.4 is 5.32 Å². The molecule has 1 unspecified atom stereocenters. The van der Waals surface area contributed by atoms with E-state index < -0.39 is 0 Å². The van der Waals surface area contributed by atoms with Gasteiger partial charge in [0.15, 0.2) is 0 Å². The van der Waals surface area contributed by atoms with Crippen LogP contribution >= 0.6 is 11.3 Å². The second kappa shape index (κ2) is 5.51. The van der Waals surface area contributed by atoms with Crippen LogP contribution in [0.25, 0.3) is 0 Å². The highest BCUT2D eigenvalue weighted by atomic mass is 32.1. The van der Waals surface area contributed by atoms with Gasteiger partial charge in [0.1, 0.15) is 5.01 Å². The molecule has 0 bridgehead atoms. The molecular formula is C15H24N2OS. The number of hydrogen-bond donors (Lipinski definition) is 1. The maximum absolute atomic E-state index is 5.66. The Balaban J connectivity index is 1.87. The van der Waals surface area contributed by atoms with Crippen LogP contribution in [-0.2, 0) is 10.3 Å². The van der Waals surface area contributed by atoms with Gasteiger partial charge in [-0.05, 0) is 38.0 Å². The molecule has 1 atom stereocenters. The van der Waals surface area contributed by atoms with Crippen molar-refractivity contribution in [2.24, 2.45) is 0 Å². The third-order valence-corrected chi connectivity index (χ3v) is 5.21. The van der Waals surface area contributed by atoms with E-state index in [9.17, 15) is 0 Å². The predicted molar refractivity (Wildman–Crippen MR) is 78.7 cm³/mol. The SMILES string of the molecule is CC(C)c1csc(C2(NC3CC3)CCCOCC2)n1. The summed E-state index contributed by atoms with van der Waals surface area (Å²) in [6, 6.07) is 0.712. The largest absolute Gasteiger partial charge is 0.381 e. The maximum atomic E-state index is 5.66. The molecule has 1 aliphatic heterocycles. The van der Waals surface area contributed by atoms with Gasteiger partial charge in [-0.2, -0.15) is 0 Å². The van der Waals surface area contributed by atoms with Crippen molar-refractivity contribution in [3.63, 3.8) is 0 Å². The second-order valence-electron chi connectivity index (χ2n) is 6.20. The molecule has 1 aliphatic carbocycles. The molecule has 106 valence electrons. The van der Waals surface area contributed by atoms with Crippen molar-refractivity contribution in [3.05, 3.63) is 16.1 Å². The second-order valence-corrected chi connectivity index (χ2v) is 7.06. The first-order valence-corrected chi connectivity index (χ1v) is 8.39. The quantitative estimate of drug-likeness (QED) is 0.917. The summed E-state index contributed by atoms with van der Waals surface area (Å²) in [6.45, 7) is 6.19. The van der Waals surface area contributed by atoms with E-state index in [0.717, 1.165) is 32.5 Å². The van der Waals surface area contributed by atoms with Crippen LogP contribution in [0, 0.1) is 0 Å². The number of hydrogen-bond acceptors (Lipinski definition) is 4. The Bertz CT molecular complexity index is 418. The van der Waals surface area contributed by atoms with E-state index in [2.05, 4.69) is 24.5 Å². The molecule has 0 radical (unpaired) electrons. The number of rotatable bonds is 4. The summed E-state index contributed by atoms with van der Waals surface area (Å²) in [5.74, 6) is 0.519. The topological polar surface area (TPSA) is 34.1 Å². The minimum absolute atomic E-state index is 0.0788. The summed E-state index contributed by atoms with van der Waals surface area (Å²) in [5.41, 5.74) is 1.32. The fourth-order valence-electron chi connectivity index (χ4n) is 2.76. The van der Waals surface area contributed by atoms with Crippen molar-refractivity contribution < 1.29 is 4.74 Å². The highest BCUT2D eigenvalue weighted by molar-refractivity contribution is 7.09. The summed E-state index contributed by atoms with van der Waals surface area (Å²) in [6.07, 6.45) is 6.01. The zero-order valence-electron chi connectivity index (χ0n) is 11.9. The van der Waals surface area contributed by atoms with Crippen LogP contribution in [-0.4, -0.2) is 24.2 Å². The van der Waals surface area contributed by atoms with Gasteiger partial charge in [-0.15, -0.1) is 11.3 Å². The van der Waals surface area contributed by atoms with Gasteiger partial charge < -0.3 is 10.1 Å². The minimum atomic E-state index is 0.0788. The Labute approximate surface area is 119 Å². The molecule has 1 saturated heterocycles. The first-order chi connectivity index (χ1) is 9.20. The summed E-state index contributed by atoms with van der Waals surface area (Å²) in [4.78, 5) is 4.93. The third-order valence-electron chi connectivity index (χ3n) is 4.15. The van der Waals surface area contributed by atoms with Crippen molar-refractivity contribution in [1.29, 1.82) is 0 Å². The molecule has 2 fully saturated rings. The number of aromatic nitrogens is 1. The monoisotopic (exact) mass is 280 g/mol. The lowest BCUT2D eigenvalue weighted by atomic mass is 9.91. The Morgan fingerprint density at radius 3 is 2.89 bits per heavy atom. The lowest BCUT2D eigenvalue weighted by Gasteiger charge is -2.32. The van der Waals surface area contributed by atoms with E-state index >= 15 is 0 Å². The third kappa shape index (κ3) is 3.01. The van der Waals surface area contributed by atoms with Gasteiger partial charge in [0.25, 0.3) is 0 Å². The summed E-state index contributed by atoms with van der Waals surface area (Å²) >= 11 is 1.83. The molecular weight excluding hydrogens is 256 g/mol. The van der Waals surface area contributed by atoms with Crippen LogP contribution in [0.15, 0.2) is 5.38 Å². The fraction of sp³-hybridized carbons (Fsp3) is 0.800. The van der Waals surface area contributed by atoms with E-state index in [1.165, 1.54) is 23.5 Å². The van der Waals surface area contributed by atoms with Gasteiger partial charge in [0, 0.05) is 24.6 Å². The van der Waals surface area contributed by atoms with Gasteiger partial charge >= 0.3 is 0 Å². The molecule has 4 heteroatoms. The minimum Gasteiger partial charge on any atom is -0.381 e. The first-order valence-electron chi connectivity index (χ1n) is 7.51. The molecule has 1 aromatic heterocycles. The van der Waals surface area contributed by atoms with Crippen LogP contribution in [0.5, 0.6) is 0 Å². The first kappa shape index (κ1) is 13.5. The number of nitrogens with zero attached hydrogens (tertiary/aromatic N) is 1. The van der Waals surface area contributed by atoms with E-state index in [0.29, 0.717) is 12.0 Å². The van der Waals surface area contributed by atoms with Crippen molar-refractivity contribution in [2.45, 2.75) is 63.5 Å². The fourth-order valence-corrected chi connectivity index (χ4v) is 3.96. The zero-order valence-corrected chi connectivity index (χ0v) is 12.8. The Hall–Kier alpha value is -0.450. The summed E-state index contributed by atoms with van der Waals surface area (Å²) < 4.78 is 5.66. The molecule has 1 saturated carbocycles. The van der Waals surface area contributed by atoms with E-state index in [4.69, 9.17) is 9.72 Å². The normalized spacial score (nSPS) is 28.6. The summed E-state index contributed by atoms with van der Waals surface area (Å²) in [5, 5.41) is 7.41. The lowest BCUT2D eigenvalue weighted by molar-refractivity contribution is 0.136. The molecule has 0 spiro atoms. The number of thiazole rings is 1. The molecule has 1 aromatic rings. The van der Waals surface area contributed by atoms with Crippen molar-refractivity contribution in [2.75, 3.05) is 13.2 Å². The average molecular weight is 280 g/mol.